The molecule has 4 nitrogen and oxygen atoms in total. The summed E-state index contributed by atoms with van der Waals surface area (Å²) in [6.07, 6.45) is -1.48. The molecule has 0 unspecified atom stereocenters. The molecule has 1 fully saturated rings. The second-order valence-electron chi connectivity index (χ2n) is 3.22. The average molecular weight is 161 g/mol. The van der Waals surface area contributed by atoms with Crippen LogP contribution in [0.25, 0.3) is 0 Å². The van der Waals surface area contributed by atoms with Crippen LogP contribution >= 0.6 is 0 Å². The Kier molecular flexibility index (Phi) is 2.84. The molecule has 4 heteroatoms. The molecule has 0 aliphatic carbocycles. The molecule has 3 N–H and O–H groups in total. The van der Waals surface area contributed by atoms with Gasteiger partial charge in [0.25, 0.3) is 0 Å². The first-order chi connectivity index (χ1) is 5.15. The fraction of sp³-hybridized carbons (Fsp3) is 1.00. The Morgan fingerprint density at radius 2 is 2.00 bits per heavy atom. The number of aliphatic hydroxyl groups excluding tert-OH is 3. The van der Waals surface area contributed by atoms with Crippen molar-refractivity contribution in [3.8, 4) is 0 Å². The van der Waals surface area contributed by atoms with Gasteiger partial charge in [0.05, 0.1) is 12.2 Å². The SMILES string of the molecule is CN1C[C@H](CO)[C@H](O)[C@H](O)C1. The maximum atomic E-state index is 9.32. The Hall–Kier alpha value is -0.160. The van der Waals surface area contributed by atoms with Crippen LogP contribution in [0.5, 0.6) is 0 Å². The molecule has 1 saturated heterocycles. The number of likely N-dealkylation sites (tertiary alicyclic amines) is 1. The van der Waals surface area contributed by atoms with E-state index in [1.165, 1.54) is 0 Å². The van der Waals surface area contributed by atoms with E-state index in [1.807, 2.05) is 11.9 Å². The zero-order valence-corrected chi connectivity index (χ0v) is 6.64. The Morgan fingerprint density at radius 3 is 2.55 bits per heavy atom. The lowest BCUT2D eigenvalue weighted by atomic mass is 9.94. The number of aliphatic hydroxyl groups is 3. The summed E-state index contributed by atoms with van der Waals surface area (Å²) >= 11 is 0. The number of rotatable bonds is 1. The largest absolute Gasteiger partial charge is 0.396 e. The highest BCUT2D eigenvalue weighted by atomic mass is 16.3. The molecule has 1 heterocycles. The van der Waals surface area contributed by atoms with Crippen molar-refractivity contribution in [2.75, 3.05) is 26.7 Å². The Balaban J connectivity index is 2.51. The summed E-state index contributed by atoms with van der Waals surface area (Å²) in [5.41, 5.74) is 0. The molecule has 0 aromatic heterocycles. The van der Waals surface area contributed by atoms with Gasteiger partial charge in [0.15, 0.2) is 0 Å². The number of piperidine rings is 1. The third-order valence-electron chi connectivity index (χ3n) is 2.16. The summed E-state index contributed by atoms with van der Waals surface area (Å²) in [5, 5.41) is 27.4. The van der Waals surface area contributed by atoms with Gasteiger partial charge in [-0.05, 0) is 7.05 Å². The number of nitrogens with zero attached hydrogens (tertiary/aromatic N) is 1. The topological polar surface area (TPSA) is 63.9 Å². The smallest absolute Gasteiger partial charge is 0.0929 e. The van der Waals surface area contributed by atoms with Crippen molar-refractivity contribution in [2.45, 2.75) is 12.2 Å². The zero-order valence-electron chi connectivity index (χ0n) is 6.64. The van der Waals surface area contributed by atoms with Crippen molar-refractivity contribution >= 4 is 0 Å². The third kappa shape index (κ3) is 1.90. The lowest BCUT2D eigenvalue weighted by molar-refractivity contribution is -0.0804. The second kappa shape index (κ2) is 3.49. The number of hydrogen-bond acceptors (Lipinski definition) is 4. The molecule has 1 rings (SSSR count). The molecular weight excluding hydrogens is 146 g/mol. The minimum absolute atomic E-state index is 0.0669. The highest BCUT2D eigenvalue weighted by Crippen LogP contribution is 2.15. The van der Waals surface area contributed by atoms with Gasteiger partial charge in [-0.1, -0.05) is 0 Å². The van der Waals surface area contributed by atoms with Gasteiger partial charge >= 0.3 is 0 Å². The maximum absolute atomic E-state index is 9.32. The molecule has 0 aromatic rings. The molecular formula is C7H15NO3. The van der Waals surface area contributed by atoms with Crippen LogP contribution in [0.2, 0.25) is 0 Å². The fourth-order valence-electron chi connectivity index (χ4n) is 1.49. The van der Waals surface area contributed by atoms with Crippen molar-refractivity contribution in [2.24, 2.45) is 5.92 Å². The van der Waals surface area contributed by atoms with Crippen LogP contribution in [-0.2, 0) is 0 Å². The molecule has 1 aliphatic heterocycles. The first-order valence-corrected chi connectivity index (χ1v) is 3.80. The van der Waals surface area contributed by atoms with Crippen molar-refractivity contribution in [1.29, 1.82) is 0 Å². The Bertz CT molecular complexity index is 131. The highest BCUT2D eigenvalue weighted by Gasteiger charge is 2.32. The summed E-state index contributed by atoms with van der Waals surface area (Å²) in [6, 6.07) is 0. The summed E-state index contributed by atoms with van der Waals surface area (Å²) in [4.78, 5) is 1.90. The van der Waals surface area contributed by atoms with Gasteiger partial charge in [-0.3, -0.25) is 0 Å². The highest BCUT2D eigenvalue weighted by molar-refractivity contribution is 4.84. The van der Waals surface area contributed by atoms with Crippen LogP contribution in [0.1, 0.15) is 0 Å². The van der Waals surface area contributed by atoms with E-state index in [4.69, 9.17) is 5.11 Å². The van der Waals surface area contributed by atoms with Crippen LogP contribution in [0.4, 0.5) is 0 Å². The predicted octanol–water partition coefficient (Wildman–Crippen LogP) is -1.74. The predicted molar refractivity (Wildman–Crippen MR) is 40.1 cm³/mol. The first-order valence-electron chi connectivity index (χ1n) is 3.80. The van der Waals surface area contributed by atoms with Crippen LogP contribution < -0.4 is 0 Å². The molecule has 0 saturated carbocycles. The van der Waals surface area contributed by atoms with Crippen molar-refractivity contribution in [1.82, 2.24) is 4.90 Å². The lowest BCUT2D eigenvalue weighted by Crippen LogP contribution is -2.52. The second-order valence-corrected chi connectivity index (χ2v) is 3.22. The maximum Gasteiger partial charge on any atom is 0.0929 e. The van der Waals surface area contributed by atoms with Crippen LogP contribution in [0, 0.1) is 5.92 Å². The molecule has 66 valence electrons. The number of hydrogen-bond donors (Lipinski definition) is 3. The van der Waals surface area contributed by atoms with E-state index in [1.54, 1.807) is 0 Å². The molecule has 0 spiro atoms. The van der Waals surface area contributed by atoms with E-state index in [9.17, 15) is 10.2 Å². The van der Waals surface area contributed by atoms with Crippen molar-refractivity contribution < 1.29 is 15.3 Å². The minimum Gasteiger partial charge on any atom is -0.396 e. The molecule has 0 amide bonds. The van der Waals surface area contributed by atoms with Gasteiger partial charge < -0.3 is 20.2 Å². The Labute approximate surface area is 66.1 Å². The normalized spacial score (nSPS) is 40.9. The van der Waals surface area contributed by atoms with Gasteiger partial charge in [-0.15, -0.1) is 0 Å². The molecule has 0 bridgehead atoms. The molecule has 11 heavy (non-hydrogen) atoms. The van der Waals surface area contributed by atoms with Gasteiger partial charge in [-0.2, -0.15) is 0 Å². The summed E-state index contributed by atoms with van der Waals surface area (Å²) in [7, 11) is 1.86. The summed E-state index contributed by atoms with van der Waals surface area (Å²) in [6.45, 7) is 1.06. The standard InChI is InChI=1S/C7H15NO3/c1-8-2-5(4-9)7(11)6(10)3-8/h5-7,9-11H,2-4H2,1H3/t5-,6-,7+/m1/s1. The van der Waals surface area contributed by atoms with E-state index < -0.39 is 12.2 Å². The van der Waals surface area contributed by atoms with Gasteiger partial charge in [0.1, 0.15) is 0 Å². The summed E-state index contributed by atoms with van der Waals surface area (Å²) in [5.74, 6) is -0.205. The fourth-order valence-corrected chi connectivity index (χ4v) is 1.49. The van der Waals surface area contributed by atoms with E-state index in [-0.39, 0.29) is 12.5 Å². The van der Waals surface area contributed by atoms with Crippen molar-refractivity contribution in [3.05, 3.63) is 0 Å². The molecule has 0 aromatic carbocycles. The molecule has 1 aliphatic rings. The molecule has 0 radical (unpaired) electrons. The quantitative estimate of drug-likeness (QED) is 0.427. The van der Waals surface area contributed by atoms with Gasteiger partial charge in [0.2, 0.25) is 0 Å². The Morgan fingerprint density at radius 1 is 1.36 bits per heavy atom. The number of β-amino-alcohol motifs (C(OH)–C–C–N with tert-alkyl or cyclic N) is 1. The minimum atomic E-state index is -0.767. The van der Waals surface area contributed by atoms with E-state index >= 15 is 0 Å². The van der Waals surface area contributed by atoms with Crippen LogP contribution in [-0.4, -0.2) is 59.2 Å². The molecule has 3 atom stereocenters. The number of likely N-dealkylation sites (N-methyl/N-ethyl adjacent to an activating group) is 1. The third-order valence-corrected chi connectivity index (χ3v) is 2.16. The van der Waals surface area contributed by atoms with Gasteiger partial charge in [0, 0.05) is 25.6 Å². The average Bonchev–Trinajstić information content (AvgIpc) is 1.96. The lowest BCUT2D eigenvalue weighted by Gasteiger charge is -2.36. The van der Waals surface area contributed by atoms with Crippen molar-refractivity contribution in [3.63, 3.8) is 0 Å². The van der Waals surface area contributed by atoms with E-state index in [0.29, 0.717) is 13.1 Å². The summed E-state index contributed by atoms with van der Waals surface area (Å²) < 4.78 is 0. The monoisotopic (exact) mass is 161 g/mol. The zero-order chi connectivity index (χ0) is 8.43. The van der Waals surface area contributed by atoms with E-state index in [2.05, 4.69) is 0 Å². The van der Waals surface area contributed by atoms with Crippen LogP contribution in [0.15, 0.2) is 0 Å². The van der Waals surface area contributed by atoms with Crippen LogP contribution in [0.3, 0.4) is 0 Å². The van der Waals surface area contributed by atoms with E-state index in [0.717, 1.165) is 0 Å². The first kappa shape index (κ1) is 8.93. The van der Waals surface area contributed by atoms with Gasteiger partial charge in [-0.25, -0.2) is 0 Å².